The molecule has 1 amide bonds. The Morgan fingerprint density at radius 1 is 1.43 bits per heavy atom. The van der Waals surface area contributed by atoms with Crippen LogP contribution in [0.1, 0.15) is 21.7 Å². The molecule has 3 aromatic heterocycles. The van der Waals surface area contributed by atoms with Gasteiger partial charge in [-0.15, -0.1) is 5.10 Å². The summed E-state index contributed by atoms with van der Waals surface area (Å²) in [5.41, 5.74) is 10.2. The SMILES string of the molecule is COCc1c(C(=O)N/N=C\c2c[nH]c3ccccc23)nnn1-c1nonc1N. The lowest BCUT2D eigenvalue weighted by Gasteiger charge is -2.03. The van der Waals surface area contributed by atoms with E-state index in [1.165, 1.54) is 18.0 Å². The number of para-hydroxylation sites is 1. The number of anilines is 1. The van der Waals surface area contributed by atoms with E-state index in [0.717, 1.165) is 16.5 Å². The van der Waals surface area contributed by atoms with E-state index in [9.17, 15) is 4.79 Å². The molecule has 3 heterocycles. The highest BCUT2D eigenvalue weighted by Gasteiger charge is 2.23. The number of nitrogens with zero attached hydrogens (tertiary/aromatic N) is 6. The van der Waals surface area contributed by atoms with E-state index in [2.05, 4.69) is 40.8 Å². The Bertz CT molecular complexity index is 1160. The average molecular weight is 381 g/mol. The van der Waals surface area contributed by atoms with Crippen LogP contribution >= 0.6 is 0 Å². The Balaban J connectivity index is 1.56. The van der Waals surface area contributed by atoms with Gasteiger partial charge in [0, 0.05) is 29.8 Å². The van der Waals surface area contributed by atoms with Crippen LogP contribution < -0.4 is 11.2 Å². The van der Waals surface area contributed by atoms with Crippen LogP contribution in [-0.4, -0.2) is 49.5 Å². The summed E-state index contributed by atoms with van der Waals surface area (Å²) in [4.78, 5) is 15.6. The molecule has 28 heavy (non-hydrogen) atoms. The van der Waals surface area contributed by atoms with Crippen molar-refractivity contribution in [2.75, 3.05) is 12.8 Å². The number of nitrogens with one attached hydrogen (secondary N) is 2. The molecular formula is C16H15N9O3. The Kier molecular flexibility index (Phi) is 4.51. The first-order valence-electron chi connectivity index (χ1n) is 8.10. The lowest BCUT2D eigenvalue weighted by atomic mass is 10.2. The number of rotatable bonds is 6. The van der Waals surface area contributed by atoms with Crippen molar-refractivity contribution in [2.24, 2.45) is 5.10 Å². The maximum atomic E-state index is 12.5. The van der Waals surface area contributed by atoms with Crippen molar-refractivity contribution < 1.29 is 14.2 Å². The monoisotopic (exact) mass is 381 g/mol. The summed E-state index contributed by atoms with van der Waals surface area (Å²) in [7, 11) is 1.47. The van der Waals surface area contributed by atoms with Crippen LogP contribution in [0.25, 0.3) is 16.7 Å². The molecule has 4 rings (SSSR count). The molecule has 0 spiro atoms. The predicted octanol–water partition coefficient (Wildman–Crippen LogP) is 0.624. The van der Waals surface area contributed by atoms with E-state index < -0.39 is 5.91 Å². The van der Waals surface area contributed by atoms with Gasteiger partial charge in [-0.05, 0) is 16.4 Å². The van der Waals surface area contributed by atoms with Gasteiger partial charge in [-0.1, -0.05) is 23.4 Å². The van der Waals surface area contributed by atoms with Crippen LogP contribution in [0.15, 0.2) is 40.2 Å². The Hall–Kier alpha value is -4.06. The van der Waals surface area contributed by atoms with Gasteiger partial charge in [0.1, 0.15) is 5.69 Å². The predicted molar refractivity (Wildman–Crippen MR) is 97.7 cm³/mol. The van der Waals surface area contributed by atoms with E-state index in [4.69, 9.17) is 10.5 Å². The first kappa shape index (κ1) is 17.4. The Morgan fingerprint density at radius 2 is 2.29 bits per heavy atom. The van der Waals surface area contributed by atoms with Crippen LogP contribution in [0.2, 0.25) is 0 Å². The van der Waals surface area contributed by atoms with Crippen molar-refractivity contribution in [3.05, 3.63) is 47.4 Å². The summed E-state index contributed by atoms with van der Waals surface area (Å²) in [5, 5.41) is 19.9. The van der Waals surface area contributed by atoms with E-state index in [-0.39, 0.29) is 23.9 Å². The molecule has 0 saturated heterocycles. The third-order valence-corrected chi connectivity index (χ3v) is 3.95. The van der Waals surface area contributed by atoms with Crippen LogP contribution in [0.4, 0.5) is 5.82 Å². The van der Waals surface area contributed by atoms with Crippen molar-refractivity contribution in [3.8, 4) is 5.82 Å². The molecule has 0 aliphatic heterocycles. The van der Waals surface area contributed by atoms with Crippen molar-refractivity contribution in [1.29, 1.82) is 0 Å². The number of fused-ring (bicyclic) bond motifs is 1. The molecule has 0 unspecified atom stereocenters. The molecule has 0 saturated carbocycles. The second-order valence-corrected chi connectivity index (χ2v) is 5.69. The normalized spacial score (nSPS) is 11.5. The largest absolute Gasteiger partial charge is 0.378 e. The minimum atomic E-state index is -0.565. The van der Waals surface area contributed by atoms with Crippen molar-refractivity contribution in [2.45, 2.75) is 6.61 Å². The minimum Gasteiger partial charge on any atom is -0.378 e. The van der Waals surface area contributed by atoms with E-state index in [1.54, 1.807) is 6.20 Å². The van der Waals surface area contributed by atoms with Gasteiger partial charge in [0.05, 0.1) is 12.8 Å². The smallest absolute Gasteiger partial charge is 0.293 e. The van der Waals surface area contributed by atoms with Gasteiger partial charge in [0.25, 0.3) is 5.91 Å². The highest BCUT2D eigenvalue weighted by atomic mass is 16.6. The Labute approximate surface area is 157 Å². The minimum absolute atomic E-state index is 0.00608. The number of amides is 1. The topological polar surface area (TPSA) is 162 Å². The summed E-state index contributed by atoms with van der Waals surface area (Å²) < 4.78 is 10.9. The van der Waals surface area contributed by atoms with Gasteiger partial charge in [-0.25, -0.2) is 10.1 Å². The summed E-state index contributed by atoms with van der Waals surface area (Å²) in [6.07, 6.45) is 3.34. The zero-order chi connectivity index (χ0) is 19.5. The van der Waals surface area contributed by atoms with E-state index in [1.807, 2.05) is 24.3 Å². The summed E-state index contributed by atoms with van der Waals surface area (Å²) in [5.74, 6) is -0.447. The van der Waals surface area contributed by atoms with Crippen molar-refractivity contribution in [1.82, 2.24) is 35.7 Å². The highest BCUT2D eigenvalue weighted by molar-refractivity contribution is 6.00. The lowest BCUT2D eigenvalue weighted by Crippen LogP contribution is -2.20. The van der Waals surface area contributed by atoms with E-state index in [0.29, 0.717) is 5.69 Å². The second-order valence-electron chi connectivity index (χ2n) is 5.69. The molecule has 4 aromatic rings. The number of carbonyl (C=O) groups is 1. The third-order valence-electron chi connectivity index (χ3n) is 3.95. The first-order chi connectivity index (χ1) is 13.7. The summed E-state index contributed by atoms with van der Waals surface area (Å²) >= 11 is 0. The molecule has 142 valence electrons. The number of hydrogen-bond acceptors (Lipinski definition) is 9. The van der Waals surface area contributed by atoms with Crippen LogP contribution in [0.5, 0.6) is 0 Å². The maximum absolute atomic E-state index is 12.5. The molecule has 12 nitrogen and oxygen atoms in total. The number of ether oxygens (including phenoxy) is 1. The molecule has 0 atom stereocenters. The van der Waals surface area contributed by atoms with Gasteiger partial charge in [-0.3, -0.25) is 4.79 Å². The first-order valence-corrected chi connectivity index (χ1v) is 8.10. The van der Waals surface area contributed by atoms with Gasteiger partial charge in [0.2, 0.25) is 11.6 Å². The van der Waals surface area contributed by atoms with Crippen molar-refractivity contribution in [3.63, 3.8) is 0 Å². The van der Waals surface area contributed by atoms with Crippen LogP contribution in [-0.2, 0) is 11.3 Å². The number of nitrogen functional groups attached to an aromatic ring is 1. The molecule has 0 aliphatic rings. The molecular weight excluding hydrogens is 366 g/mol. The third kappa shape index (κ3) is 3.07. The molecule has 1 aromatic carbocycles. The number of H-pyrrole nitrogens is 1. The molecule has 0 fully saturated rings. The van der Waals surface area contributed by atoms with Crippen LogP contribution in [0.3, 0.4) is 0 Å². The van der Waals surface area contributed by atoms with Gasteiger partial charge < -0.3 is 15.5 Å². The fourth-order valence-electron chi connectivity index (χ4n) is 2.67. The zero-order valence-corrected chi connectivity index (χ0v) is 14.7. The van der Waals surface area contributed by atoms with Gasteiger partial charge in [-0.2, -0.15) is 9.78 Å². The van der Waals surface area contributed by atoms with Gasteiger partial charge in [0.15, 0.2) is 5.69 Å². The van der Waals surface area contributed by atoms with Crippen molar-refractivity contribution >= 4 is 28.8 Å². The number of nitrogens with two attached hydrogens (primary N) is 1. The number of benzene rings is 1. The number of hydrogen-bond donors (Lipinski definition) is 3. The lowest BCUT2D eigenvalue weighted by molar-refractivity contribution is 0.0944. The molecule has 0 aliphatic carbocycles. The quantitative estimate of drug-likeness (QED) is 0.323. The fourth-order valence-corrected chi connectivity index (χ4v) is 2.67. The summed E-state index contributed by atoms with van der Waals surface area (Å²) in [6.45, 7) is 0.0359. The average Bonchev–Trinajstić information content (AvgIpc) is 3.41. The number of carbonyl (C=O) groups excluding carboxylic acids is 1. The standard InChI is InChI=1S/C16H15N9O3/c1-27-8-12-13(20-24-25(12)15-14(17)22-28-23-15)16(26)21-19-7-9-6-18-11-5-3-2-4-10(9)11/h2-7,18H,8H2,1H3,(H2,17,22)(H,21,26)/b19-7-. The number of methoxy groups -OCH3 is 1. The molecule has 4 N–H and O–H groups in total. The number of hydrazone groups is 1. The number of aromatic amines is 1. The number of aromatic nitrogens is 6. The molecule has 12 heteroatoms. The fraction of sp³-hybridized carbons (Fsp3) is 0.125. The summed E-state index contributed by atoms with van der Waals surface area (Å²) in [6, 6.07) is 7.75. The van der Waals surface area contributed by atoms with Gasteiger partial charge >= 0.3 is 0 Å². The van der Waals surface area contributed by atoms with Crippen LogP contribution in [0, 0.1) is 0 Å². The highest BCUT2D eigenvalue weighted by Crippen LogP contribution is 2.17. The molecule has 0 radical (unpaired) electrons. The second kappa shape index (κ2) is 7.28. The van der Waals surface area contributed by atoms with E-state index >= 15 is 0 Å². The Morgan fingerprint density at radius 3 is 3.07 bits per heavy atom. The zero-order valence-electron chi connectivity index (χ0n) is 14.7. The maximum Gasteiger partial charge on any atom is 0.293 e. The molecule has 0 bridgehead atoms.